The smallest absolute Gasteiger partial charge is 0.187 e. The van der Waals surface area contributed by atoms with Gasteiger partial charge in [-0.05, 0) is 13.5 Å². The van der Waals surface area contributed by atoms with E-state index < -0.39 is 0 Å². The third-order valence-corrected chi connectivity index (χ3v) is 4.10. The first-order valence-corrected chi connectivity index (χ1v) is 7.60. The Morgan fingerprint density at radius 2 is 2.05 bits per heavy atom. The first-order chi connectivity index (χ1) is 9.67. The minimum Gasteiger partial charge on any atom is -0.364 e. The van der Waals surface area contributed by atoms with Gasteiger partial charge in [-0.2, -0.15) is 0 Å². The molecule has 0 aliphatic carbocycles. The Kier molecular flexibility index (Phi) is 5.55. The van der Waals surface area contributed by atoms with Gasteiger partial charge in [0.1, 0.15) is 6.26 Å². The lowest BCUT2D eigenvalue weighted by atomic mass is 10.3. The van der Waals surface area contributed by atoms with Crippen molar-refractivity contribution in [2.45, 2.75) is 43.8 Å². The van der Waals surface area contributed by atoms with E-state index in [4.69, 9.17) is 4.52 Å². The third kappa shape index (κ3) is 4.61. The van der Waals surface area contributed by atoms with Crippen LogP contribution in [0.15, 0.2) is 34.4 Å². The molecule has 108 valence electrons. The average molecular weight is 292 g/mol. The molecular weight excluding hydrogens is 272 g/mol. The van der Waals surface area contributed by atoms with E-state index in [1.165, 1.54) is 0 Å². The summed E-state index contributed by atoms with van der Waals surface area (Å²) in [5.74, 6) is 0. The highest BCUT2D eigenvalue weighted by molar-refractivity contribution is 7.99. The minimum absolute atomic E-state index is 0.552. The van der Waals surface area contributed by atoms with Crippen molar-refractivity contribution in [3.05, 3.63) is 36.0 Å². The second-order valence-corrected chi connectivity index (χ2v) is 6.28. The summed E-state index contributed by atoms with van der Waals surface area (Å²) in [6.07, 6.45) is 6.51. The van der Waals surface area contributed by atoms with Gasteiger partial charge in [0.25, 0.3) is 0 Å². The molecule has 20 heavy (non-hydrogen) atoms. The van der Waals surface area contributed by atoms with Gasteiger partial charge in [-0.25, -0.2) is 9.97 Å². The maximum atomic E-state index is 4.82. The van der Waals surface area contributed by atoms with Crippen LogP contribution in [0.4, 0.5) is 0 Å². The van der Waals surface area contributed by atoms with Crippen molar-refractivity contribution in [2.75, 3.05) is 7.05 Å². The molecule has 2 heterocycles. The molecule has 0 fully saturated rings. The average Bonchev–Trinajstić information content (AvgIpc) is 2.93. The molecule has 0 saturated heterocycles. The largest absolute Gasteiger partial charge is 0.364 e. The van der Waals surface area contributed by atoms with Crippen LogP contribution < -0.4 is 0 Å². The lowest BCUT2D eigenvalue weighted by molar-refractivity contribution is 0.302. The van der Waals surface area contributed by atoms with Gasteiger partial charge in [0, 0.05) is 42.4 Å². The summed E-state index contributed by atoms with van der Waals surface area (Å²) in [6, 6.07) is 1.87. The molecule has 0 spiro atoms. The Bertz CT molecular complexity index is 500. The van der Waals surface area contributed by atoms with E-state index in [0.717, 1.165) is 35.9 Å². The van der Waals surface area contributed by atoms with Crippen LogP contribution in [-0.2, 0) is 13.1 Å². The molecule has 0 unspecified atom stereocenters. The van der Waals surface area contributed by atoms with Crippen molar-refractivity contribution in [3.63, 3.8) is 0 Å². The summed E-state index contributed by atoms with van der Waals surface area (Å²) in [6.45, 7) is 5.90. The van der Waals surface area contributed by atoms with E-state index in [1.54, 1.807) is 18.0 Å². The normalized spacial score (nSPS) is 12.8. The Hall–Kier alpha value is -1.40. The number of rotatable bonds is 7. The molecular formula is C14H20N4OS. The number of aromatic nitrogens is 3. The number of thioether (sulfide) groups is 1. The minimum atomic E-state index is 0.552. The highest BCUT2D eigenvalue weighted by atomic mass is 32.2. The van der Waals surface area contributed by atoms with Crippen LogP contribution in [0.1, 0.15) is 31.5 Å². The highest BCUT2D eigenvalue weighted by Crippen LogP contribution is 2.20. The molecule has 5 nitrogen and oxygen atoms in total. The maximum absolute atomic E-state index is 4.82. The van der Waals surface area contributed by atoms with Crippen LogP contribution in [0.5, 0.6) is 0 Å². The molecule has 6 heteroatoms. The van der Waals surface area contributed by atoms with Crippen LogP contribution in [-0.4, -0.2) is 32.3 Å². The van der Waals surface area contributed by atoms with Crippen LogP contribution in [0.25, 0.3) is 0 Å². The summed E-state index contributed by atoms with van der Waals surface area (Å²) < 4.78 is 4.82. The zero-order valence-electron chi connectivity index (χ0n) is 12.1. The highest BCUT2D eigenvalue weighted by Gasteiger charge is 2.07. The maximum Gasteiger partial charge on any atom is 0.187 e. The van der Waals surface area contributed by atoms with Gasteiger partial charge in [0.05, 0.1) is 5.69 Å². The lowest BCUT2D eigenvalue weighted by Gasteiger charge is -2.14. The fraction of sp³-hybridized carbons (Fsp3) is 0.500. The topological polar surface area (TPSA) is 55.1 Å². The molecule has 0 aliphatic rings. The molecule has 0 bridgehead atoms. The standard InChI is InChI=1S/C14H20N4OS/c1-4-11(2)20-14-15-7-12(8-16-14)9-18(3)10-13-5-6-19-17-13/h5-8,11H,4,9-10H2,1-3H3/t11-/m0/s1. The Morgan fingerprint density at radius 1 is 1.30 bits per heavy atom. The van der Waals surface area contributed by atoms with Crippen molar-refractivity contribution in [2.24, 2.45) is 0 Å². The van der Waals surface area contributed by atoms with Gasteiger partial charge in [0.15, 0.2) is 5.16 Å². The molecule has 2 aromatic rings. The van der Waals surface area contributed by atoms with Crippen LogP contribution in [0.2, 0.25) is 0 Å². The summed E-state index contributed by atoms with van der Waals surface area (Å²) >= 11 is 1.72. The van der Waals surface area contributed by atoms with Crippen molar-refractivity contribution in [3.8, 4) is 0 Å². The van der Waals surface area contributed by atoms with Crippen molar-refractivity contribution >= 4 is 11.8 Å². The van der Waals surface area contributed by atoms with Gasteiger partial charge < -0.3 is 4.52 Å². The second-order valence-electron chi connectivity index (χ2n) is 4.87. The molecule has 0 amide bonds. The van der Waals surface area contributed by atoms with E-state index in [0.29, 0.717) is 5.25 Å². The fourth-order valence-electron chi connectivity index (χ4n) is 1.71. The SMILES string of the molecule is CC[C@H](C)Sc1ncc(CN(C)Cc2ccon2)cn1. The number of nitrogens with zero attached hydrogens (tertiary/aromatic N) is 4. The number of hydrogen-bond acceptors (Lipinski definition) is 6. The lowest BCUT2D eigenvalue weighted by Crippen LogP contribution is -2.17. The Labute approximate surface area is 123 Å². The van der Waals surface area contributed by atoms with Crippen LogP contribution in [0.3, 0.4) is 0 Å². The molecule has 0 N–H and O–H groups in total. The summed E-state index contributed by atoms with van der Waals surface area (Å²) in [5.41, 5.74) is 2.03. The van der Waals surface area contributed by atoms with Gasteiger partial charge in [0.2, 0.25) is 0 Å². The quantitative estimate of drug-likeness (QED) is 0.577. The van der Waals surface area contributed by atoms with Gasteiger partial charge >= 0.3 is 0 Å². The predicted molar refractivity (Wildman–Crippen MR) is 79.3 cm³/mol. The van der Waals surface area contributed by atoms with Crippen LogP contribution in [0, 0.1) is 0 Å². The van der Waals surface area contributed by atoms with E-state index in [1.807, 2.05) is 25.5 Å². The zero-order valence-corrected chi connectivity index (χ0v) is 12.9. The predicted octanol–water partition coefficient (Wildman–Crippen LogP) is 2.99. The molecule has 0 radical (unpaired) electrons. The molecule has 2 rings (SSSR count). The molecule has 0 aliphatic heterocycles. The molecule has 0 aromatic carbocycles. The number of hydrogen-bond donors (Lipinski definition) is 0. The third-order valence-electron chi connectivity index (χ3n) is 2.94. The van der Waals surface area contributed by atoms with Crippen molar-refractivity contribution < 1.29 is 4.52 Å². The zero-order chi connectivity index (χ0) is 14.4. The Balaban J connectivity index is 1.86. The molecule has 0 saturated carbocycles. The summed E-state index contributed by atoms with van der Waals surface area (Å²) in [5, 5.41) is 5.30. The van der Waals surface area contributed by atoms with Crippen LogP contribution >= 0.6 is 11.8 Å². The van der Waals surface area contributed by atoms with Gasteiger partial charge in [-0.15, -0.1) is 0 Å². The second kappa shape index (κ2) is 7.40. The Morgan fingerprint density at radius 3 is 2.65 bits per heavy atom. The molecule has 2 aromatic heterocycles. The van der Waals surface area contributed by atoms with E-state index in [2.05, 4.69) is 33.9 Å². The van der Waals surface area contributed by atoms with E-state index in [9.17, 15) is 0 Å². The van der Waals surface area contributed by atoms with E-state index >= 15 is 0 Å². The van der Waals surface area contributed by atoms with Gasteiger partial charge in [-0.3, -0.25) is 4.90 Å². The van der Waals surface area contributed by atoms with Gasteiger partial charge in [-0.1, -0.05) is 30.8 Å². The van der Waals surface area contributed by atoms with Crippen molar-refractivity contribution in [1.82, 2.24) is 20.0 Å². The first-order valence-electron chi connectivity index (χ1n) is 6.72. The first kappa shape index (κ1) is 15.0. The monoisotopic (exact) mass is 292 g/mol. The fourth-order valence-corrected chi connectivity index (χ4v) is 2.47. The summed E-state index contributed by atoms with van der Waals surface area (Å²) in [7, 11) is 2.04. The van der Waals surface area contributed by atoms with E-state index in [-0.39, 0.29) is 0 Å². The molecule has 1 atom stereocenters. The summed E-state index contributed by atoms with van der Waals surface area (Å²) in [4.78, 5) is 11.0. The van der Waals surface area contributed by atoms with Crippen molar-refractivity contribution in [1.29, 1.82) is 0 Å².